The van der Waals surface area contributed by atoms with Crippen molar-refractivity contribution in [1.82, 2.24) is 9.78 Å². The number of carbonyl (C=O) groups excluding carboxylic acids is 1. The number of amides is 1. The number of aromatic nitrogens is 2. The molecule has 1 aromatic heterocycles. The molecule has 7 heteroatoms. The molecule has 6 nitrogen and oxygen atoms in total. The van der Waals surface area contributed by atoms with E-state index < -0.39 is 9.84 Å². The molecule has 2 aromatic rings. The zero-order valence-electron chi connectivity index (χ0n) is 15.1. The molecule has 0 aliphatic carbocycles. The number of hydrogen-bond acceptors (Lipinski definition) is 4. The van der Waals surface area contributed by atoms with E-state index in [2.05, 4.69) is 5.10 Å². The summed E-state index contributed by atoms with van der Waals surface area (Å²) in [5, 5.41) is 4.58. The van der Waals surface area contributed by atoms with E-state index in [9.17, 15) is 13.2 Å². The van der Waals surface area contributed by atoms with Gasteiger partial charge in [0.05, 0.1) is 28.9 Å². The fourth-order valence-corrected chi connectivity index (χ4v) is 5.58. The van der Waals surface area contributed by atoms with Crippen molar-refractivity contribution in [2.75, 3.05) is 23.5 Å². The Bertz CT molecular complexity index is 1050. The standard InChI is InChI=1S/C19H21N3O3S/c1-12-16(13(2)22(20-12)14-8-9-26(24,25)11-14)10-17-15-6-4-5-7-18(15)21(3)19(17)23/h4-7,10,14H,8-9,11H2,1-3H3/b17-10-/t14-/m0/s1. The molecular formula is C19H21N3O3S. The predicted octanol–water partition coefficient (Wildman–Crippen LogP) is 2.38. The van der Waals surface area contributed by atoms with Crippen LogP contribution >= 0.6 is 0 Å². The normalized spacial score (nSPS) is 23.0. The van der Waals surface area contributed by atoms with Crippen LogP contribution in [-0.4, -0.2) is 42.7 Å². The van der Waals surface area contributed by atoms with Crippen LogP contribution < -0.4 is 4.90 Å². The molecule has 0 N–H and O–H groups in total. The summed E-state index contributed by atoms with van der Waals surface area (Å²) in [5.41, 5.74) is 5.05. The maximum Gasteiger partial charge on any atom is 0.258 e. The number of benzene rings is 1. The Hall–Kier alpha value is -2.41. The average molecular weight is 371 g/mol. The van der Waals surface area contributed by atoms with Crippen LogP contribution in [0.2, 0.25) is 0 Å². The first-order valence-electron chi connectivity index (χ1n) is 8.64. The van der Waals surface area contributed by atoms with Gasteiger partial charge in [-0.05, 0) is 32.4 Å². The van der Waals surface area contributed by atoms with Gasteiger partial charge in [0.1, 0.15) is 0 Å². The SMILES string of the molecule is Cc1nn([C@H]2CCS(=O)(=O)C2)c(C)c1/C=C1\C(=O)N(C)c2ccccc21. The van der Waals surface area contributed by atoms with Crippen LogP contribution in [0.1, 0.15) is 35.0 Å². The summed E-state index contributed by atoms with van der Waals surface area (Å²) in [6.45, 7) is 3.83. The van der Waals surface area contributed by atoms with Crippen LogP contribution in [0.3, 0.4) is 0 Å². The Morgan fingerprint density at radius 2 is 1.96 bits per heavy atom. The quantitative estimate of drug-likeness (QED) is 0.760. The molecule has 1 saturated heterocycles. The van der Waals surface area contributed by atoms with Gasteiger partial charge in [0.2, 0.25) is 0 Å². The molecule has 26 heavy (non-hydrogen) atoms. The summed E-state index contributed by atoms with van der Waals surface area (Å²) in [6.07, 6.45) is 2.48. The first kappa shape index (κ1) is 17.0. The van der Waals surface area contributed by atoms with Crippen LogP contribution in [0.25, 0.3) is 11.6 Å². The summed E-state index contributed by atoms with van der Waals surface area (Å²) < 4.78 is 25.4. The molecule has 0 bridgehead atoms. The molecule has 0 radical (unpaired) electrons. The molecule has 136 valence electrons. The third-order valence-corrected chi connectivity index (χ3v) is 7.06. The van der Waals surface area contributed by atoms with E-state index in [1.165, 1.54) is 0 Å². The molecule has 0 unspecified atom stereocenters. The van der Waals surface area contributed by atoms with Gasteiger partial charge in [-0.3, -0.25) is 9.48 Å². The minimum absolute atomic E-state index is 0.0406. The average Bonchev–Trinajstić information content (AvgIpc) is 3.18. The second kappa shape index (κ2) is 5.81. The van der Waals surface area contributed by atoms with Gasteiger partial charge in [0.25, 0.3) is 5.91 Å². The lowest BCUT2D eigenvalue weighted by atomic mass is 10.0. The predicted molar refractivity (Wildman–Crippen MR) is 102 cm³/mol. The second-order valence-electron chi connectivity index (χ2n) is 7.03. The van der Waals surface area contributed by atoms with Gasteiger partial charge in [0, 0.05) is 29.4 Å². The van der Waals surface area contributed by atoms with Gasteiger partial charge in [-0.1, -0.05) is 18.2 Å². The number of rotatable bonds is 2. The van der Waals surface area contributed by atoms with Gasteiger partial charge in [-0.2, -0.15) is 5.10 Å². The van der Waals surface area contributed by atoms with Crippen LogP contribution in [0.15, 0.2) is 24.3 Å². The van der Waals surface area contributed by atoms with Crippen LogP contribution in [-0.2, 0) is 14.6 Å². The van der Waals surface area contributed by atoms with Crippen molar-refractivity contribution in [2.24, 2.45) is 0 Å². The highest BCUT2D eigenvalue weighted by atomic mass is 32.2. The molecule has 4 rings (SSSR count). The molecular weight excluding hydrogens is 350 g/mol. The number of carbonyl (C=O) groups is 1. The molecule has 0 saturated carbocycles. The number of aryl methyl sites for hydroxylation is 1. The Balaban J connectivity index is 1.78. The van der Waals surface area contributed by atoms with Gasteiger partial charge >= 0.3 is 0 Å². The summed E-state index contributed by atoms with van der Waals surface area (Å²) in [4.78, 5) is 14.3. The second-order valence-corrected chi connectivity index (χ2v) is 9.25. The van der Waals surface area contributed by atoms with Crippen molar-refractivity contribution in [3.05, 3.63) is 46.8 Å². The fourth-order valence-electron chi connectivity index (χ4n) is 3.89. The number of anilines is 1. The van der Waals surface area contributed by atoms with Gasteiger partial charge < -0.3 is 4.90 Å². The minimum Gasteiger partial charge on any atom is -0.311 e. The third kappa shape index (κ3) is 2.58. The lowest BCUT2D eigenvalue weighted by Crippen LogP contribution is -2.20. The van der Waals surface area contributed by atoms with Crippen molar-refractivity contribution < 1.29 is 13.2 Å². The number of nitrogens with zero attached hydrogens (tertiary/aromatic N) is 3. The first-order chi connectivity index (χ1) is 12.3. The van der Waals surface area contributed by atoms with E-state index in [1.54, 1.807) is 11.9 Å². The fraction of sp³-hybridized carbons (Fsp3) is 0.368. The van der Waals surface area contributed by atoms with E-state index in [1.807, 2.05) is 48.9 Å². The van der Waals surface area contributed by atoms with E-state index in [0.29, 0.717) is 12.0 Å². The maximum atomic E-state index is 12.7. The van der Waals surface area contributed by atoms with Crippen molar-refractivity contribution >= 4 is 33.1 Å². The maximum absolute atomic E-state index is 12.7. The van der Waals surface area contributed by atoms with E-state index in [4.69, 9.17) is 0 Å². The van der Waals surface area contributed by atoms with Crippen molar-refractivity contribution in [3.8, 4) is 0 Å². The number of hydrogen-bond donors (Lipinski definition) is 0. The molecule has 2 aliphatic heterocycles. The highest BCUT2D eigenvalue weighted by molar-refractivity contribution is 7.91. The molecule has 1 fully saturated rings. The van der Waals surface area contributed by atoms with E-state index in [0.717, 1.165) is 28.2 Å². The zero-order chi connectivity index (χ0) is 18.6. The topological polar surface area (TPSA) is 72.3 Å². The summed E-state index contributed by atoms with van der Waals surface area (Å²) >= 11 is 0. The lowest BCUT2D eigenvalue weighted by molar-refractivity contribution is -0.112. The van der Waals surface area contributed by atoms with Crippen LogP contribution in [0.4, 0.5) is 5.69 Å². The number of likely N-dealkylation sites (N-methyl/N-ethyl adjacent to an activating group) is 1. The van der Waals surface area contributed by atoms with Gasteiger partial charge in [0.15, 0.2) is 9.84 Å². The summed E-state index contributed by atoms with van der Waals surface area (Å²) in [7, 11) is -1.21. The van der Waals surface area contributed by atoms with E-state index >= 15 is 0 Å². The number of sulfone groups is 1. The van der Waals surface area contributed by atoms with Crippen LogP contribution in [0.5, 0.6) is 0 Å². The molecule has 0 spiro atoms. The number of para-hydroxylation sites is 1. The highest BCUT2D eigenvalue weighted by Gasteiger charge is 2.33. The molecule has 1 aromatic carbocycles. The summed E-state index contributed by atoms with van der Waals surface area (Å²) in [6, 6.07) is 7.59. The highest BCUT2D eigenvalue weighted by Crippen LogP contribution is 2.37. The molecule has 2 aliphatic rings. The summed E-state index contributed by atoms with van der Waals surface area (Å²) in [5.74, 6) is 0.305. The lowest BCUT2D eigenvalue weighted by Gasteiger charge is -2.11. The minimum atomic E-state index is -2.98. The van der Waals surface area contributed by atoms with Crippen molar-refractivity contribution in [2.45, 2.75) is 26.3 Å². The zero-order valence-corrected chi connectivity index (χ0v) is 15.9. The first-order valence-corrected chi connectivity index (χ1v) is 10.5. The number of fused-ring (bicyclic) bond motifs is 1. The Labute approximate surface area is 153 Å². The molecule has 1 amide bonds. The van der Waals surface area contributed by atoms with E-state index in [-0.39, 0.29) is 23.5 Å². The third-order valence-electron chi connectivity index (χ3n) is 5.31. The van der Waals surface area contributed by atoms with Crippen molar-refractivity contribution in [3.63, 3.8) is 0 Å². The Kier molecular flexibility index (Phi) is 3.80. The Morgan fingerprint density at radius 3 is 2.65 bits per heavy atom. The monoisotopic (exact) mass is 371 g/mol. The molecule has 3 heterocycles. The smallest absolute Gasteiger partial charge is 0.258 e. The van der Waals surface area contributed by atoms with Crippen molar-refractivity contribution in [1.29, 1.82) is 0 Å². The Morgan fingerprint density at radius 1 is 1.23 bits per heavy atom. The largest absolute Gasteiger partial charge is 0.311 e. The van der Waals surface area contributed by atoms with Gasteiger partial charge in [-0.15, -0.1) is 0 Å². The molecule has 1 atom stereocenters. The van der Waals surface area contributed by atoms with Crippen LogP contribution in [0, 0.1) is 13.8 Å². The van der Waals surface area contributed by atoms with Gasteiger partial charge in [-0.25, -0.2) is 8.42 Å².